The minimum atomic E-state index is -0.140. The van der Waals surface area contributed by atoms with Crippen molar-refractivity contribution >= 4 is 5.91 Å². The van der Waals surface area contributed by atoms with Gasteiger partial charge in [-0.15, -0.1) is 0 Å². The van der Waals surface area contributed by atoms with Crippen LogP contribution in [0.15, 0.2) is 66.7 Å². The van der Waals surface area contributed by atoms with Gasteiger partial charge in [-0.1, -0.05) is 18.2 Å². The zero-order valence-corrected chi connectivity index (χ0v) is 18.0. The van der Waals surface area contributed by atoms with Gasteiger partial charge in [0.05, 0.1) is 21.3 Å². The highest BCUT2D eigenvalue weighted by Crippen LogP contribution is 2.24. The number of benzene rings is 3. The molecule has 0 saturated heterocycles. The number of carbonyl (C=O) groups excluding carboxylic acids is 1. The van der Waals surface area contributed by atoms with Crippen molar-refractivity contribution in [1.29, 1.82) is 0 Å². The minimum Gasteiger partial charge on any atom is -0.497 e. The molecule has 0 fully saturated rings. The molecule has 0 radical (unpaired) electrons. The third kappa shape index (κ3) is 6.15. The maximum atomic E-state index is 12.6. The number of methoxy groups -OCH3 is 3. The van der Waals surface area contributed by atoms with E-state index in [0.29, 0.717) is 23.6 Å². The second-order valence-electron chi connectivity index (χ2n) is 6.85. The third-order valence-corrected chi connectivity index (χ3v) is 4.84. The van der Waals surface area contributed by atoms with Crippen molar-refractivity contribution in [3.63, 3.8) is 0 Å². The van der Waals surface area contributed by atoms with E-state index in [1.54, 1.807) is 39.5 Å². The van der Waals surface area contributed by atoms with Crippen molar-refractivity contribution in [2.24, 2.45) is 0 Å². The van der Waals surface area contributed by atoms with E-state index in [-0.39, 0.29) is 12.5 Å². The highest BCUT2D eigenvalue weighted by atomic mass is 16.5. The van der Waals surface area contributed by atoms with Gasteiger partial charge >= 0.3 is 0 Å². The van der Waals surface area contributed by atoms with Crippen LogP contribution in [0.4, 0.5) is 0 Å². The first-order valence-corrected chi connectivity index (χ1v) is 9.98. The lowest BCUT2D eigenvalue weighted by Crippen LogP contribution is -2.25. The number of ether oxygens (including phenoxy) is 4. The first-order chi connectivity index (χ1) is 15.1. The summed E-state index contributed by atoms with van der Waals surface area (Å²) in [6.07, 6.45) is 0.734. The Hall–Kier alpha value is -3.67. The fraction of sp³-hybridized carbons (Fsp3) is 0.240. The van der Waals surface area contributed by atoms with Crippen LogP contribution in [0.3, 0.4) is 0 Å². The van der Waals surface area contributed by atoms with E-state index in [4.69, 9.17) is 18.9 Å². The average molecular weight is 421 g/mol. The summed E-state index contributed by atoms with van der Waals surface area (Å²) in [6, 6.07) is 20.5. The molecule has 0 spiro atoms. The molecule has 3 aromatic rings. The first-order valence-electron chi connectivity index (χ1n) is 9.98. The van der Waals surface area contributed by atoms with Crippen molar-refractivity contribution in [3.05, 3.63) is 83.4 Å². The van der Waals surface area contributed by atoms with E-state index >= 15 is 0 Å². The van der Waals surface area contributed by atoms with Crippen molar-refractivity contribution < 1.29 is 23.7 Å². The van der Waals surface area contributed by atoms with Gasteiger partial charge in [0.1, 0.15) is 29.6 Å². The van der Waals surface area contributed by atoms with Crippen LogP contribution in [0.5, 0.6) is 23.0 Å². The number of carbonyl (C=O) groups is 1. The molecular formula is C25H27NO5. The molecule has 0 atom stereocenters. The summed E-state index contributed by atoms with van der Waals surface area (Å²) >= 11 is 0. The summed E-state index contributed by atoms with van der Waals surface area (Å²) < 4.78 is 21.7. The van der Waals surface area contributed by atoms with Gasteiger partial charge in [0.25, 0.3) is 5.91 Å². The molecule has 6 heteroatoms. The second-order valence-corrected chi connectivity index (χ2v) is 6.85. The van der Waals surface area contributed by atoms with Crippen LogP contribution in [0.25, 0.3) is 0 Å². The van der Waals surface area contributed by atoms with Crippen LogP contribution in [0.2, 0.25) is 0 Å². The lowest BCUT2D eigenvalue weighted by atomic mass is 10.1. The Morgan fingerprint density at radius 3 is 2.26 bits per heavy atom. The van der Waals surface area contributed by atoms with E-state index in [1.807, 2.05) is 48.5 Å². The molecule has 31 heavy (non-hydrogen) atoms. The molecule has 0 aromatic heterocycles. The van der Waals surface area contributed by atoms with Crippen LogP contribution in [0, 0.1) is 0 Å². The normalized spacial score (nSPS) is 10.3. The fourth-order valence-corrected chi connectivity index (χ4v) is 3.10. The molecular weight excluding hydrogens is 394 g/mol. The van der Waals surface area contributed by atoms with Crippen LogP contribution in [-0.2, 0) is 13.0 Å². The van der Waals surface area contributed by atoms with E-state index in [1.165, 1.54) is 0 Å². The maximum Gasteiger partial charge on any atom is 0.251 e. The number of rotatable bonds is 10. The third-order valence-electron chi connectivity index (χ3n) is 4.84. The molecule has 0 bridgehead atoms. The lowest BCUT2D eigenvalue weighted by molar-refractivity contribution is 0.0954. The molecule has 6 nitrogen and oxygen atoms in total. The highest BCUT2D eigenvalue weighted by molar-refractivity contribution is 5.94. The average Bonchev–Trinajstić information content (AvgIpc) is 2.83. The van der Waals surface area contributed by atoms with E-state index in [2.05, 4.69) is 5.32 Å². The van der Waals surface area contributed by atoms with Crippen molar-refractivity contribution in [2.75, 3.05) is 27.9 Å². The first kappa shape index (κ1) is 22.0. The molecule has 0 unspecified atom stereocenters. The van der Waals surface area contributed by atoms with Gasteiger partial charge in [-0.25, -0.2) is 0 Å². The summed E-state index contributed by atoms with van der Waals surface area (Å²) in [5.41, 5.74) is 2.47. The van der Waals surface area contributed by atoms with Gasteiger partial charge < -0.3 is 24.3 Å². The Morgan fingerprint density at radius 2 is 1.55 bits per heavy atom. The largest absolute Gasteiger partial charge is 0.497 e. The molecule has 0 heterocycles. The van der Waals surface area contributed by atoms with E-state index in [9.17, 15) is 4.79 Å². The number of amides is 1. The van der Waals surface area contributed by atoms with Gasteiger partial charge in [-0.2, -0.15) is 0 Å². The smallest absolute Gasteiger partial charge is 0.251 e. The summed E-state index contributed by atoms with van der Waals surface area (Å²) in [7, 11) is 4.85. The van der Waals surface area contributed by atoms with Gasteiger partial charge in [0, 0.05) is 23.7 Å². The van der Waals surface area contributed by atoms with Crippen LogP contribution >= 0.6 is 0 Å². The number of hydrogen-bond acceptors (Lipinski definition) is 5. The number of nitrogens with one attached hydrogen (secondary N) is 1. The van der Waals surface area contributed by atoms with Gasteiger partial charge in [0.2, 0.25) is 0 Å². The van der Waals surface area contributed by atoms with Crippen LogP contribution in [0.1, 0.15) is 21.5 Å². The van der Waals surface area contributed by atoms with Crippen molar-refractivity contribution in [1.82, 2.24) is 5.32 Å². The monoisotopic (exact) mass is 421 g/mol. The molecule has 0 saturated carbocycles. The number of hydrogen-bond donors (Lipinski definition) is 1. The summed E-state index contributed by atoms with van der Waals surface area (Å²) in [4.78, 5) is 12.6. The van der Waals surface area contributed by atoms with Crippen LogP contribution < -0.4 is 24.3 Å². The fourth-order valence-electron chi connectivity index (χ4n) is 3.10. The zero-order valence-electron chi connectivity index (χ0n) is 18.0. The maximum absolute atomic E-state index is 12.6. The molecule has 1 amide bonds. The molecule has 1 N–H and O–H groups in total. The Labute approximate surface area is 182 Å². The summed E-state index contributed by atoms with van der Waals surface area (Å²) in [5, 5.41) is 2.96. The van der Waals surface area contributed by atoms with Gasteiger partial charge in [-0.3, -0.25) is 4.79 Å². The van der Waals surface area contributed by atoms with Crippen molar-refractivity contribution in [2.45, 2.75) is 13.0 Å². The van der Waals surface area contributed by atoms with Gasteiger partial charge in [0.15, 0.2) is 0 Å². The Balaban J connectivity index is 1.60. The van der Waals surface area contributed by atoms with Gasteiger partial charge in [-0.05, 0) is 54.4 Å². The van der Waals surface area contributed by atoms with E-state index in [0.717, 1.165) is 29.0 Å². The molecule has 3 rings (SSSR count). The van der Waals surface area contributed by atoms with Crippen LogP contribution in [-0.4, -0.2) is 33.8 Å². The van der Waals surface area contributed by atoms with E-state index < -0.39 is 0 Å². The molecule has 3 aromatic carbocycles. The summed E-state index contributed by atoms with van der Waals surface area (Å²) in [5.74, 6) is 2.73. The Kier molecular flexibility index (Phi) is 7.76. The second kappa shape index (κ2) is 10.9. The SMILES string of the molecule is COc1ccc(CCNC(=O)c2ccc(OC)c(COc3cccc(OC)c3)c2)cc1. The minimum absolute atomic E-state index is 0.140. The molecule has 162 valence electrons. The molecule has 0 aliphatic carbocycles. The standard InChI is InChI=1S/C25H27NO5/c1-28-21-10-7-18(8-11-21)13-14-26-25(27)19-9-12-24(30-3)20(15-19)17-31-23-6-4-5-22(16-23)29-2/h4-12,15-16H,13-14,17H2,1-3H3,(H,26,27). The Bertz CT molecular complexity index is 1000. The molecule has 0 aliphatic rings. The summed E-state index contributed by atoms with van der Waals surface area (Å²) in [6.45, 7) is 0.802. The predicted octanol–water partition coefficient (Wildman–Crippen LogP) is 4.26. The topological polar surface area (TPSA) is 66.0 Å². The van der Waals surface area contributed by atoms with Crippen molar-refractivity contribution in [3.8, 4) is 23.0 Å². The predicted molar refractivity (Wildman–Crippen MR) is 119 cm³/mol. The lowest BCUT2D eigenvalue weighted by Gasteiger charge is -2.13. The zero-order chi connectivity index (χ0) is 22.1. The quantitative estimate of drug-likeness (QED) is 0.530. The molecule has 0 aliphatic heterocycles. The highest BCUT2D eigenvalue weighted by Gasteiger charge is 2.11. The Morgan fingerprint density at radius 1 is 0.806 bits per heavy atom.